The van der Waals surface area contributed by atoms with Crippen LogP contribution >= 0.6 is 0 Å². The highest BCUT2D eigenvalue weighted by molar-refractivity contribution is 5.36. The lowest BCUT2D eigenvalue weighted by molar-refractivity contribution is 0.116. The third-order valence-electron chi connectivity index (χ3n) is 2.84. The van der Waals surface area contributed by atoms with Crippen molar-refractivity contribution in [3.8, 4) is 0 Å². The van der Waals surface area contributed by atoms with Crippen molar-refractivity contribution in [2.75, 3.05) is 18.5 Å². The van der Waals surface area contributed by atoms with E-state index in [0.717, 1.165) is 19.0 Å². The number of unbranched alkanes of at least 4 members (excludes halogenated alkanes) is 4. The van der Waals surface area contributed by atoms with Crippen LogP contribution in [-0.2, 0) is 11.3 Å². The Bertz CT molecular complexity index is 315. The van der Waals surface area contributed by atoms with Gasteiger partial charge in [0.2, 0.25) is 0 Å². The molecule has 3 nitrogen and oxygen atoms in total. The van der Waals surface area contributed by atoms with Gasteiger partial charge in [0.1, 0.15) is 5.82 Å². The number of pyridine rings is 1. The Morgan fingerprint density at radius 3 is 2.78 bits per heavy atom. The normalized spacial score (nSPS) is 10.6. The topological polar surface area (TPSA) is 34.1 Å². The number of rotatable bonds is 10. The van der Waals surface area contributed by atoms with E-state index in [1.54, 1.807) is 0 Å². The monoisotopic (exact) mass is 250 g/mol. The van der Waals surface area contributed by atoms with E-state index in [9.17, 15) is 0 Å². The molecule has 0 aliphatic heterocycles. The Kier molecular flexibility index (Phi) is 8.23. The second-order valence-electron chi connectivity index (χ2n) is 4.55. The first-order chi connectivity index (χ1) is 8.86. The molecule has 1 aromatic heterocycles. The van der Waals surface area contributed by atoms with Gasteiger partial charge in [0.05, 0.1) is 6.61 Å². The standard InChI is InChI=1S/C15H26N2O/c1-3-5-6-7-8-11-18-13-14-9-10-17-15(12-14)16-4-2/h9-10,12H,3-8,11,13H2,1-2H3,(H,16,17). The summed E-state index contributed by atoms with van der Waals surface area (Å²) in [4.78, 5) is 4.24. The van der Waals surface area contributed by atoms with Crippen LogP contribution in [0, 0.1) is 0 Å². The zero-order valence-electron chi connectivity index (χ0n) is 11.7. The predicted octanol–water partition coefficient (Wildman–Crippen LogP) is 4.00. The lowest BCUT2D eigenvalue weighted by Gasteiger charge is -2.06. The van der Waals surface area contributed by atoms with Crippen molar-refractivity contribution in [3.63, 3.8) is 0 Å². The Labute approximate surface area is 111 Å². The molecule has 3 heteroatoms. The molecule has 0 unspecified atom stereocenters. The van der Waals surface area contributed by atoms with Gasteiger partial charge in [-0.05, 0) is 31.0 Å². The van der Waals surface area contributed by atoms with Gasteiger partial charge in [-0.15, -0.1) is 0 Å². The van der Waals surface area contributed by atoms with E-state index in [1.165, 1.54) is 37.7 Å². The van der Waals surface area contributed by atoms with Gasteiger partial charge in [-0.3, -0.25) is 0 Å². The number of ether oxygens (including phenoxy) is 1. The number of anilines is 1. The van der Waals surface area contributed by atoms with Gasteiger partial charge in [-0.25, -0.2) is 4.98 Å². The highest BCUT2D eigenvalue weighted by Gasteiger charge is 1.97. The van der Waals surface area contributed by atoms with Crippen molar-refractivity contribution >= 4 is 5.82 Å². The van der Waals surface area contributed by atoms with Crippen LogP contribution in [0.25, 0.3) is 0 Å². The summed E-state index contributed by atoms with van der Waals surface area (Å²) in [6, 6.07) is 4.07. The molecule has 102 valence electrons. The van der Waals surface area contributed by atoms with Crippen LogP contribution in [0.15, 0.2) is 18.3 Å². The third-order valence-corrected chi connectivity index (χ3v) is 2.84. The molecule has 1 N–H and O–H groups in total. The van der Waals surface area contributed by atoms with E-state index in [4.69, 9.17) is 4.74 Å². The fourth-order valence-corrected chi connectivity index (χ4v) is 1.84. The SMILES string of the molecule is CCCCCCCOCc1ccnc(NCC)c1. The first-order valence-corrected chi connectivity index (χ1v) is 7.13. The van der Waals surface area contributed by atoms with Crippen LogP contribution in [-0.4, -0.2) is 18.1 Å². The molecule has 1 rings (SSSR count). The fraction of sp³-hybridized carbons (Fsp3) is 0.667. The molecule has 18 heavy (non-hydrogen) atoms. The summed E-state index contributed by atoms with van der Waals surface area (Å²) < 4.78 is 5.68. The number of hydrogen-bond acceptors (Lipinski definition) is 3. The minimum absolute atomic E-state index is 0.689. The van der Waals surface area contributed by atoms with E-state index in [0.29, 0.717) is 6.61 Å². The van der Waals surface area contributed by atoms with Gasteiger partial charge in [-0.1, -0.05) is 32.6 Å². The van der Waals surface area contributed by atoms with Gasteiger partial charge in [-0.2, -0.15) is 0 Å². The third kappa shape index (κ3) is 6.60. The molecule has 0 saturated heterocycles. The number of nitrogens with zero attached hydrogens (tertiary/aromatic N) is 1. The zero-order chi connectivity index (χ0) is 13.1. The number of aromatic nitrogens is 1. The molecule has 0 atom stereocenters. The molecule has 0 aliphatic rings. The summed E-state index contributed by atoms with van der Waals surface area (Å²) in [7, 11) is 0. The van der Waals surface area contributed by atoms with Gasteiger partial charge in [0, 0.05) is 19.3 Å². The molecule has 0 amide bonds. The first kappa shape index (κ1) is 15.0. The Morgan fingerprint density at radius 2 is 2.00 bits per heavy atom. The van der Waals surface area contributed by atoms with Crippen LogP contribution in [0.5, 0.6) is 0 Å². The van der Waals surface area contributed by atoms with Crippen molar-refractivity contribution < 1.29 is 4.74 Å². The zero-order valence-corrected chi connectivity index (χ0v) is 11.7. The van der Waals surface area contributed by atoms with E-state index in [1.807, 2.05) is 12.3 Å². The van der Waals surface area contributed by atoms with Crippen LogP contribution in [0.3, 0.4) is 0 Å². The van der Waals surface area contributed by atoms with Crippen LogP contribution in [0.4, 0.5) is 5.82 Å². The average Bonchev–Trinajstić information content (AvgIpc) is 2.39. The second-order valence-corrected chi connectivity index (χ2v) is 4.55. The molecule has 0 aliphatic carbocycles. The molecule has 0 aromatic carbocycles. The minimum Gasteiger partial charge on any atom is -0.377 e. The quantitative estimate of drug-likeness (QED) is 0.637. The van der Waals surface area contributed by atoms with E-state index < -0.39 is 0 Å². The van der Waals surface area contributed by atoms with E-state index in [2.05, 4.69) is 30.2 Å². The maximum Gasteiger partial charge on any atom is 0.126 e. The number of hydrogen-bond donors (Lipinski definition) is 1. The van der Waals surface area contributed by atoms with Crippen molar-refractivity contribution in [2.45, 2.75) is 52.6 Å². The largest absolute Gasteiger partial charge is 0.377 e. The molecular formula is C15H26N2O. The highest BCUT2D eigenvalue weighted by atomic mass is 16.5. The number of nitrogens with one attached hydrogen (secondary N) is 1. The molecule has 0 saturated carbocycles. The molecule has 0 spiro atoms. The minimum atomic E-state index is 0.689. The maximum absolute atomic E-state index is 5.68. The Morgan fingerprint density at radius 1 is 1.17 bits per heavy atom. The van der Waals surface area contributed by atoms with Crippen LogP contribution in [0.1, 0.15) is 51.5 Å². The van der Waals surface area contributed by atoms with Crippen molar-refractivity contribution in [3.05, 3.63) is 23.9 Å². The van der Waals surface area contributed by atoms with Crippen molar-refractivity contribution in [1.29, 1.82) is 0 Å². The Hall–Kier alpha value is -1.09. The lowest BCUT2D eigenvalue weighted by atomic mass is 10.2. The van der Waals surface area contributed by atoms with Crippen molar-refractivity contribution in [1.82, 2.24) is 4.98 Å². The van der Waals surface area contributed by atoms with Gasteiger partial charge < -0.3 is 10.1 Å². The molecule has 0 radical (unpaired) electrons. The maximum atomic E-state index is 5.68. The van der Waals surface area contributed by atoms with Gasteiger partial charge in [0.25, 0.3) is 0 Å². The molecule has 1 aromatic rings. The molecule has 1 heterocycles. The average molecular weight is 250 g/mol. The second kappa shape index (κ2) is 9.89. The fourth-order valence-electron chi connectivity index (χ4n) is 1.84. The first-order valence-electron chi connectivity index (χ1n) is 7.13. The summed E-state index contributed by atoms with van der Waals surface area (Å²) >= 11 is 0. The summed E-state index contributed by atoms with van der Waals surface area (Å²) in [5, 5.41) is 3.21. The van der Waals surface area contributed by atoms with Gasteiger partial charge in [0.15, 0.2) is 0 Å². The molecular weight excluding hydrogens is 224 g/mol. The van der Waals surface area contributed by atoms with E-state index in [-0.39, 0.29) is 0 Å². The van der Waals surface area contributed by atoms with Crippen LogP contribution < -0.4 is 5.32 Å². The van der Waals surface area contributed by atoms with E-state index >= 15 is 0 Å². The summed E-state index contributed by atoms with van der Waals surface area (Å²) in [6.45, 7) is 6.76. The molecule has 0 fully saturated rings. The smallest absolute Gasteiger partial charge is 0.126 e. The summed E-state index contributed by atoms with van der Waals surface area (Å²) in [6.07, 6.45) is 8.26. The lowest BCUT2D eigenvalue weighted by Crippen LogP contribution is -2.01. The highest BCUT2D eigenvalue weighted by Crippen LogP contribution is 2.08. The summed E-state index contributed by atoms with van der Waals surface area (Å²) in [5.41, 5.74) is 1.19. The van der Waals surface area contributed by atoms with Gasteiger partial charge >= 0.3 is 0 Å². The molecule has 0 bridgehead atoms. The Balaban J connectivity index is 2.13. The van der Waals surface area contributed by atoms with Crippen LogP contribution in [0.2, 0.25) is 0 Å². The summed E-state index contributed by atoms with van der Waals surface area (Å²) in [5.74, 6) is 0.932. The predicted molar refractivity (Wildman–Crippen MR) is 76.8 cm³/mol. The van der Waals surface area contributed by atoms with Crippen molar-refractivity contribution in [2.24, 2.45) is 0 Å².